The Morgan fingerprint density at radius 2 is 2.59 bits per heavy atom. The number of rotatable bonds is 5. The van der Waals surface area contributed by atoms with Gasteiger partial charge in [0, 0.05) is 19.1 Å². The number of hydrogen-bond donors (Lipinski definition) is 1. The molecular weight excluding hydrogens is 224 g/mol. The van der Waals surface area contributed by atoms with Crippen molar-refractivity contribution in [1.82, 2.24) is 15.0 Å². The van der Waals surface area contributed by atoms with Gasteiger partial charge in [0.15, 0.2) is 0 Å². The van der Waals surface area contributed by atoms with Crippen molar-refractivity contribution >= 4 is 5.97 Å². The number of nitrogens with two attached hydrogens (primary N) is 1. The molecular formula is C10H16N4O3. The molecule has 1 unspecified atom stereocenters. The average molecular weight is 240 g/mol. The second-order valence-electron chi connectivity index (χ2n) is 4.02. The van der Waals surface area contributed by atoms with Crippen LogP contribution >= 0.6 is 0 Å². The fourth-order valence-electron chi connectivity index (χ4n) is 1.61. The van der Waals surface area contributed by atoms with Crippen molar-refractivity contribution in [3.8, 4) is 0 Å². The molecule has 7 nitrogen and oxygen atoms in total. The molecule has 0 aliphatic carbocycles. The summed E-state index contributed by atoms with van der Waals surface area (Å²) in [5.74, 6) is 0.0136. The third-order valence-corrected chi connectivity index (χ3v) is 2.59. The van der Waals surface area contributed by atoms with Gasteiger partial charge in [0.1, 0.15) is 6.54 Å². The van der Waals surface area contributed by atoms with Crippen molar-refractivity contribution in [1.29, 1.82) is 0 Å². The second-order valence-corrected chi connectivity index (χ2v) is 4.02. The molecule has 17 heavy (non-hydrogen) atoms. The van der Waals surface area contributed by atoms with Crippen molar-refractivity contribution < 1.29 is 14.3 Å². The van der Waals surface area contributed by atoms with Crippen LogP contribution in [0.1, 0.15) is 12.1 Å². The van der Waals surface area contributed by atoms with Gasteiger partial charge in [-0.1, -0.05) is 5.21 Å². The molecule has 2 rings (SSSR count). The fraction of sp³-hybridized carbons (Fsp3) is 0.700. The van der Waals surface area contributed by atoms with Crippen LogP contribution in [0.3, 0.4) is 0 Å². The standard InChI is InChI=1S/C10H16N4O3/c11-3-9-4-14(13-12-9)5-10(15)17-7-8-1-2-16-6-8/h4,8H,1-3,5-7,11H2. The Morgan fingerprint density at radius 1 is 1.71 bits per heavy atom. The molecule has 0 spiro atoms. The van der Waals surface area contributed by atoms with E-state index in [1.54, 1.807) is 6.20 Å². The van der Waals surface area contributed by atoms with Crippen LogP contribution in [-0.2, 0) is 27.4 Å². The lowest BCUT2D eigenvalue weighted by Gasteiger charge is -2.08. The van der Waals surface area contributed by atoms with Gasteiger partial charge in [0.2, 0.25) is 0 Å². The van der Waals surface area contributed by atoms with Gasteiger partial charge in [0.25, 0.3) is 0 Å². The highest BCUT2D eigenvalue weighted by Crippen LogP contribution is 2.12. The molecule has 1 aliphatic rings. The van der Waals surface area contributed by atoms with E-state index in [1.165, 1.54) is 4.68 Å². The predicted molar refractivity (Wildman–Crippen MR) is 57.8 cm³/mol. The molecule has 1 aromatic rings. The highest BCUT2D eigenvalue weighted by molar-refractivity contribution is 5.69. The van der Waals surface area contributed by atoms with E-state index in [0.29, 0.717) is 31.4 Å². The summed E-state index contributed by atoms with van der Waals surface area (Å²) < 4.78 is 11.8. The topological polar surface area (TPSA) is 92.3 Å². The van der Waals surface area contributed by atoms with Crippen LogP contribution in [0.15, 0.2) is 6.20 Å². The van der Waals surface area contributed by atoms with Crippen LogP contribution in [0, 0.1) is 5.92 Å². The van der Waals surface area contributed by atoms with Crippen molar-refractivity contribution in [3.05, 3.63) is 11.9 Å². The zero-order valence-corrected chi connectivity index (χ0v) is 9.54. The third-order valence-electron chi connectivity index (χ3n) is 2.59. The molecule has 0 radical (unpaired) electrons. The van der Waals surface area contributed by atoms with Crippen LogP contribution in [0.4, 0.5) is 0 Å². The smallest absolute Gasteiger partial charge is 0.327 e. The minimum Gasteiger partial charge on any atom is -0.464 e. The molecule has 7 heteroatoms. The summed E-state index contributed by atoms with van der Waals surface area (Å²) in [7, 11) is 0. The normalized spacial score (nSPS) is 19.5. The minimum absolute atomic E-state index is 0.0700. The Kier molecular flexibility index (Phi) is 4.05. The molecule has 2 heterocycles. The van der Waals surface area contributed by atoms with E-state index < -0.39 is 0 Å². The SMILES string of the molecule is NCc1cn(CC(=O)OCC2CCOC2)nn1. The highest BCUT2D eigenvalue weighted by Gasteiger charge is 2.17. The van der Waals surface area contributed by atoms with Gasteiger partial charge in [-0.25, -0.2) is 4.68 Å². The molecule has 1 atom stereocenters. The van der Waals surface area contributed by atoms with Crippen molar-refractivity contribution in [2.45, 2.75) is 19.5 Å². The Bertz CT molecular complexity index is 373. The van der Waals surface area contributed by atoms with Gasteiger partial charge in [-0.05, 0) is 6.42 Å². The van der Waals surface area contributed by atoms with Crippen LogP contribution in [0.2, 0.25) is 0 Å². The monoisotopic (exact) mass is 240 g/mol. The third kappa shape index (κ3) is 3.50. The molecule has 94 valence electrons. The highest BCUT2D eigenvalue weighted by atomic mass is 16.5. The van der Waals surface area contributed by atoms with Gasteiger partial charge in [-0.3, -0.25) is 4.79 Å². The lowest BCUT2D eigenvalue weighted by atomic mass is 10.1. The van der Waals surface area contributed by atoms with Gasteiger partial charge in [-0.15, -0.1) is 5.10 Å². The molecule has 0 bridgehead atoms. The lowest BCUT2D eigenvalue weighted by Crippen LogP contribution is -2.18. The number of aromatic nitrogens is 3. The number of carbonyl (C=O) groups is 1. The molecule has 0 amide bonds. The number of hydrogen-bond acceptors (Lipinski definition) is 6. The Hall–Kier alpha value is -1.47. The predicted octanol–water partition coefficient (Wildman–Crippen LogP) is -0.684. The maximum Gasteiger partial charge on any atom is 0.327 e. The maximum absolute atomic E-state index is 11.5. The van der Waals surface area contributed by atoms with Gasteiger partial charge in [-0.2, -0.15) is 0 Å². The Morgan fingerprint density at radius 3 is 3.24 bits per heavy atom. The van der Waals surface area contributed by atoms with E-state index in [9.17, 15) is 4.79 Å². The molecule has 2 N–H and O–H groups in total. The Balaban J connectivity index is 1.72. The summed E-state index contributed by atoms with van der Waals surface area (Å²) in [6.45, 7) is 2.23. The van der Waals surface area contributed by atoms with Crippen molar-refractivity contribution in [2.24, 2.45) is 11.7 Å². The quantitative estimate of drug-likeness (QED) is 0.685. The summed E-state index contributed by atoms with van der Waals surface area (Å²) in [5.41, 5.74) is 6.04. The molecule has 1 saturated heterocycles. The number of nitrogens with zero attached hydrogens (tertiary/aromatic N) is 3. The van der Waals surface area contributed by atoms with Crippen molar-refractivity contribution in [2.75, 3.05) is 19.8 Å². The van der Waals surface area contributed by atoms with E-state index in [1.807, 2.05) is 0 Å². The zero-order chi connectivity index (χ0) is 12.1. The summed E-state index contributed by atoms with van der Waals surface area (Å²) in [4.78, 5) is 11.5. The van der Waals surface area contributed by atoms with Gasteiger partial charge < -0.3 is 15.2 Å². The summed E-state index contributed by atoms with van der Waals surface area (Å²) >= 11 is 0. The lowest BCUT2D eigenvalue weighted by molar-refractivity contribution is -0.146. The zero-order valence-electron chi connectivity index (χ0n) is 9.54. The van der Waals surface area contributed by atoms with Crippen LogP contribution < -0.4 is 5.73 Å². The molecule has 0 saturated carbocycles. The molecule has 1 aliphatic heterocycles. The molecule has 1 aromatic heterocycles. The number of esters is 1. The van der Waals surface area contributed by atoms with Crippen LogP contribution in [0.5, 0.6) is 0 Å². The first kappa shape index (κ1) is 12.0. The van der Waals surface area contributed by atoms with Gasteiger partial charge in [0.05, 0.1) is 25.1 Å². The Labute approximate surface area is 98.9 Å². The van der Waals surface area contributed by atoms with Crippen LogP contribution in [-0.4, -0.2) is 40.8 Å². The van der Waals surface area contributed by atoms with E-state index in [-0.39, 0.29) is 12.5 Å². The number of carbonyl (C=O) groups excluding carboxylic acids is 1. The maximum atomic E-state index is 11.5. The minimum atomic E-state index is -0.314. The largest absolute Gasteiger partial charge is 0.464 e. The summed E-state index contributed by atoms with van der Waals surface area (Å²) in [6, 6.07) is 0. The van der Waals surface area contributed by atoms with E-state index >= 15 is 0 Å². The first-order valence-electron chi connectivity index (χ1n) is 5.60. The first-order chi connectivity index (χ1) is 8.28. The molecule has 0 aromatic carbocycles. The summed E-state index contributed by atoms with van der Waals surface area (Å²) in [5, 5.41) is 7.55. The van der Waals surface area contributed by atoms with Gasteiger partial charge >= 0.3 is 5.97 Å². The van der Waals surface area contributed by atoms with E-state index in [2.05, 4.69) is 10.3 Å². The molecule has 1 fully saturated rings. The van der Waals surface area contributed by atoms with Crippen LogP contribution in [0.25, 0.3) is 0 Å². The van der Waals surface area contributed by atoms with Crippen molar-refractivity contribution in [3.63, 3.8) is 0 Å². The summed E-state index contributed by atoms with van der Waals surface area (Å²) in [6.07, 6.45) is 2.59. The van der Waals surface area contributed by atoms with E-state index in [4.69, 9.17) is 15.2 Å². The fourth-order valence-corrected chi connectivity index (χ4v) is 1.61. The second kappa shape index (κ2) is 5.74. The van der Waals surface area contributed by atoms with E-state index in [0.717, 1.165) is 13.0 Å². The average Bonchev–Trinajstić information content (AvgIpc) is 2.97. The first-order valence-corrected chi connectivity index (χ1v) is 5.60. The number of ether oxygens (including phenoxy) is 2.